The van der Waals surface area contributed by atoms with E-state index in [1.807, 2.05) is 0 Å². The van der Waals surface area contributed by atoms with Gasteiger partial charge in [0.05, 0.1) is 6.10 Å². The monoisotopic (exact) mass is 257 g/mol. The van der Waals surface area contributed by atoms with Gasteiger partial charge in [-0.1, -0.05) is 11.6 Å². The minimum absolute atomic E-state index is 0.0996. The lowest BCUT2D eigenvalue weighted by Gasteiger charge is -2.27. The van der Waals surface area contributed by atoms with Crippen LogP contribution in [0.1, 0.15) is 25.7 Å². The van der Waals surface area contributed by atoms with Crippen molar-refractivity contribution in [1.82, 2.24) is 9.97 Å². The highest BCUT2D eigenvalue weighted by Gasteiger charge is 2.21. The van der Waals surface area contributed by atoms with Gasteiger partial charge in [-0.3, -0.25) is 0 Å². The van der Waals surface area contributed by atoms with Crippen LogP contribution < -0.4 is 16.8 Å². The molecule has 1 heterocycles. The van der Waals surface area contributed by atoms with E-state index in [4.69, 9.17) is 23.1 Å². The summed E-state index contributed by atoms with van der Waals surface area (Å²) in [5.41, 5.74) is 11.6. The number of hydrogen-bond donors (Lipinski definition) is 4. The molecule has 0 atom stereocenters. The number of nitrogens with two attached hydrogens (primary N) is 2. The molecule has 0 aliphatic heterocycles. The van der Waals surface area contributed by atoms with Gasteiger partial charge in [-0.25, -0.2) is 0 Å². The first-order valence-electron chi connectivity index (χ1n) is 5.59. The minimum Gasteiger partial charge on any atom is -0.393 e. The molecule has 17 heavy (non-hydrogen) atoms. The van der Waals surface area contributed by atoms with Gasteiger partial charge >= 0.3 is 0 Å². The standard InChI is InChI=1S/C10H16ClN5O/c11-8-7(12)9(16-10(13)15-8)14-5-1-3-6(17)4-2-5/h5-6,17H,1-4,12H2,(H3,13,14,15,16). The molecule has 6 N–H and O–H groups in total. The van der Waals surface area contributed by atoms with E-state index in [2.05, 4.69) is 15.3 Å². The Morgan fingerprint density at radius 2 is 1.82 bits per heavy atom. The molecule has 0 bridgehead atoms. The predicted octanol–water partition coefficient (Wildman–Crippen LogP) is 1.01. The maximum absolute atomic E-state index is 9.42. The maximum Gasteiger partial charge on any atom is 0.223 e. The molecule has 0 unspecified atom stereocenters. The molecule has 0 amide bonds. The van der Waals surface area contributed by atoms with Gasteiger partial charge in [0.1, 0.15) is 5.69 Å². The number of nitrogen functional groups attached to an aromatic ring is 2. The highest BCUT2D eigenvalue weighted by molar-refractivity contribution is 6.32. The molecule has 1 aromatic rings. The molecule has 1 fully saturated rings. The van der Waals surface area contributed by atoms with Crippen LogP contribution in [0.2, 0.25) is 5.15 Å². The van der Waals surface area contributed by atoms with Crippen LogP contribution in [0.4, 0.5) is 17.5 Å². The molecule has 0 radical (unpaired) electrons. The van der Waals surface area contributed by atoms with Gasteiger partial charge in [-0.15, -0.1) is 0 Å². The minimum atomic E-state index is -0.190. The summed E-state index contributed by atoms with van der Waals surface area (Å²) in [6.45, 7) is 0. The SMILES string of the molecule is Nc1nc(Cl)c(N)c(NC2CCC(O)CC2)n1. The number of nitrogens with one attached hydrogen (secondary N) is 1. The Morgan fingerprint density at radius 3 is 2.47 bits per heavy atom. The Hall–Kier alpha value is -1.27. The summed E-state index contributed by atoms with van der Waals surface area (Å²) >= 11 is 5.82. The van der Waals surface area contributed by atoms with Gasteiger partial charge in [0.25, 0.3) is 0 Å². The second kappa shape index (κ2) is 4.93. The molecule has 0 saturated heterocycles. The van der Waals surface area contributed by atoms with Crippen molar-refractivity contribution in [3.63, 3.8) is 0 Å². The van der Waals surface area contributed by atoms with Gasteiger partial charge in [-0.05, 0) is 25.7 Å². The van der Waals surface area contributed by atoms with Crippen molar-refractivity contribution >= 4 is 29.1 Å². The number of aromatic nitrogens is 2. The van der Waals surface area contributed by atoms with E-state index >= 15 is 0 Å². The third-order valence-electron chi connectivity index (χ3n) is 2.95. The summed E-state index contributed by atoms with van der Waals surface area (Å²) in [5.74, 6) is 0.575. The van der Waals surface area contributed by atoms with Crippen LogP contribution in [0.25, 0.3) is 0 Å². The van der Waals surface area contributed by atoms with E-state index in [0.717, 1.165) is 25.7 Å². The largest absolute Gasteiger partial charge is 0.393 e. The molecule has 0 aromatic carbocycles. The molecule has 7 heteroatoms. The highest BCUT2D eigenvalue weighted by Crippen LogP contribution is 2.28. The maximum atomic E-state index is 9.42. The lowest BCUT2D eigenvalue weighted by Crippen LogP contribution is -2.29. The Balaban J connectivity index is 2.08. The third kappa shape index (κ3) is 2.89. The number of nitrogens with zero attached hydrogens (tertiary/aromatic N) is 2. The van der Waals surface area contributed by atoms with Gasteiger partial charge in [0.2, 0.25) is 5.95 Å². The van der Waals surface area contributed by atoms with Crippen molar-refractivity contribution in [2.24, 2.45) is 0 Å². The molecule has 0 spiro atoms. The fourth-order valence-electron chi connectivity index (χ4n) is 1.98. The first-order valence-corrected chi connectivity index (χ1v) is 5.97. The van der Waals surface area contributed by atoms with Crippen LogP contribution >= 0.6 is 11.6 Å². The van der Waals surface area contributed by atoms with Crippen molar-refractivity contribution in [1.29, 1.82) is 0 Å². The molecule has 2 rings (SSSR count). The summed E-state index contributed by atoms with van der Waals surface area (Å²) in [6.07, 6.45) is 3.13. The molecule has 1 aliphatic rings. The topological polar surface area (TPSA) is 110 Å². The molecule has 1 saturated carbocycles. The van der Waals surface area contributed by atoms with Crippen molar-refractivity contribution in [3.05, 3.63) is 5.15 Å². The normalized spacial score (nSPS) is 24.6. The smallest absolute Gasteiger partial charge is 0.223 e. The average molecular weight is 258 g/mol. The summed E-state index contributed by atoms with van der Waals surface area (Å²) in [4.78, 5) is 7.80. The quantitative estimate of drug-likeness (QED) is 0.589. The zero-order chi connectivity index (χ0) is 12.4. The summed E-state index contributed by atoms with van der Waals surface area (Å²) in [5, 5.41) is 12.8. The zero-order valence-corrected chi connectivity index (χ0v) is 10.1. The Bertz CT molecular complexity index is 406. The van der Waals surface area contributed by atoms with Crippen LogP contribution in [-0.2, 0) is 0 Å². The third-order valence-corrected chi connectivity index (χ3v) is 3.24. The van der Waals surface area contributed by atoms with Gasteiger partial charge < -0.3 is 21.9 Å². The number of halogens is 1. The van der Waals surface area contributed by atoms with Crippen molar-refractivity contribution < 1.29 is 5.11 Å². The van der Waals surface area contributed by atoms with Crippen molar-refractivity contribution in [3.8, 4) is 0 Å². The fourth-order valence-corrected chi connectivity index (χ4v) is 2.16. The second-order valence-electron chi connectivity index (χ2n) is 4.28. The molecular formula is C10H16ClN5O. The van der Waals surface area contributed by atoms with Crippen molar-refractivity contribution in [2.45, 2.75) is 37.8 Å². The van der Waals surface area contributed by atoms with E-state index in [-0.39, 0.29) is 23.2 Å². The first kappa shape index (κ1) is 12.2. The van der Waals surface area contributed by atoms with Gasteiger partial charge in [0.15, 0.2) is 11.0 Å². The highest BCUT2D eigenvalue weighted by atomic mass is 35.5. The van der Waals surface area contributed by atoms with Crippen molar-refractivity contribution in [2.75, 3.05) is 16.8 Å². The number of anilines is 3. The van der Waals surface area contributed by atoms with E-state index < -0.39 is 0 Å². The molecule has 1 aromatic heterocycles. The lowest BCUT2D eigenvalue weighted by atomic mass is 9.93. The lowest BCUT2D eigenvalue weighted by molar-refractivity contribution is 0.126. The Labute approximate surface area is 104 Å². The molecule has 1 aliphatic carbocycles. The van der Waals surface area contributed by atoms with Crippen LogP contribution in [0.5, 0.6) is 0 Å². The number of hydrogen-bond acceptors (Lipinski definition) is 6. The van der Waals surface area contributed by atoms with Gasteiger partial charge in [-0.2, -0.15) is 9.97 Å². The second-order valence-corrected chi connectivity index (χ2v) is 4.64. The van der Waals surface area contributed by atoms with E-state index in [9.17, 15) is 5.11 Å². The van der Waals surface area contributed by atoms with Crippen LogP contribution in [0.15, 0.2) is 0 Å². The van der Waals surface area contributed by atoms with Crippen LogP contribution in [-0.4, -0.2) is 27.2 Å². The van der Waals surface area contributed by atoms with E-state index in [1.54, 1.807) is 0 Å². The molecule has 6 nitrogen and oxygen atoms in total. The summed E-state index contributed by atoms with van der Waals surface area (Å²) < 4.78 is 0. The molecular weight excluding hydrogens is 242 g/mol. The van der Waals surface area contributed by atoms with Crippen LogP contribution in [0, 0.1) is 0 Å². The fraction of sp³-hybridized carbons (Fsp3) is 0.600. The average Bonchev–Trinajstić information content (AvgIpc) is 2.28. The first-order chi connectivity index (χ1) is 8.06. The van der Waals surface area contributed by atoms with E-state index in [1.165, 1.54) is 0 Å². The Morgan fingerprint density at radius 1 is 1.18 bits per heavy atom. The summed E-state index contributed by atoms with van der Waals surface area (Å²) in [7, 11) is 0. The van der Waals surface area contributed by atoms with E-state index in [0.29, 0.717) is 11.5 Å². The predicted molar refractivity (Wildman–Crippen MR) is 67.8 cm³/mol. The summed E-state index contributed by atoms with van der Waals surface area (Å²) in [6, 6.07) is 0.242. The number of rotatable bonds is 2. The zero-order valence-electron chi connectivity index (χ0n) is 9.36. The van der Waals surface area contributed by atoms with Gasteiger partial charge in [0, 0.05) is 6.04 Å². The molecule has 94 valence electrons. The number of aliphatic hydroxyl groups excluding tert-OH is 1. The number of aliphatic hydroxyl groups is 1. The Kier molecular flexibility index (Phi) is 3.54. The van der Waals surface area contributed by atoms with Crippen LogP contribution in [0.3, 0.4) is 0 Å².